The number of amides is 2. The van der Waals surface area contributed by atoms with Crippen LogP contribution in [0.25, 0.3) is 0 Å². The van der Waals surface area contributed by atoms with Crippen molar-refractivity contribution in [1.82, 2.24) is 0 Å². The average Bonchev–Trinajstić information content (AvgIpc) is 2.79. The Hall–Kier alpha value is -3.56. The second kappa shape index (κ2) is 9.93. The number of hydrogen-bond donors (Lipinski definition) is 2. The van der Waals surface area contributed by atoms with E-state index in [2.05, 4.69) is 10.6 Å². The maximum Gasteiger partial charge on any atom is 0.259 e. The molecule has 33 heavy (non-hydrogen) atoms. The fourth-order valence-corrected chi connectivity index (χ4v) is 3.84. The van der Waals surface area contributed by atoms with E-state index in [1.54, 1.807) is 24.3 Å². The highest BCUT2D eigenvalue weighted by molar-refractivity contribution is 7.90. The van der Waals surface area contributed by atoms with Crippen LogP contribution in [0.3, 0.4) is 0 Å². The molecule has 3 rings (SSSR count). The zero-order chi connectivity index (χ0) is 24.2. The molecule has 0 bridgehead atoms. The van der Waals surface area contributed by atoms with Crippen molar-refractivity contribution in [3.8, 4) is 11.5 Å². The van der Waals surface area contributed by atoms with Crippen molar-refractivity contribution in [1.29, 1.82) is 0 Å². The Balaban J connectivity index is 1.77. The molecule has 0 atom stereocenters. The number of anilines is 2. The monoisotopic (exact) mass is 488 g/mol. The summed E-state index contributed by atoms with van der Waals surface area (Å²) in [6.07, 6.45) is 1.06. The molecule has 0 heterocycles. The molecule has 3 aromatic rings. The minimum absolute atomic E-state index is 0.0345. The summed E-state index contributed by atoms with van der Waals surface area (Å²) in [7, 11) is -0.502. The van der Waals surface area contributed by atoms with Crippen molar-refractivity contribution in [3.63, 3.8) is 0 Å². The summed E-state index contributed by atoms with van der Waals surface area (Å²) in [6, 6.07) is 15.1. The third-order valence-electron chi connectivity index (χ3n) is 4.65. The van der Waals surface area contributed by atoms with Crippen LogP contribution in [0, 0.1) is 0 Å². The highest BCUT2D eigenvalue weighted by atomic mass is 35.5. The zero-order valence-electron chi connectivity index (χ0n) is 18.0. The van der Waals surface area contributed by atoms with E-state index in [9.17, 15) is 18.0 Å². The first-order chi connectivity index (χ1) is 15.6. The number of rotatable bonds is 7. The van der Waals surface area contributed by atoms with E-state index < -0.39 is 21.7 Å². The molecule has 0 aliphatic rings. The molecule has 0 aromatic heterocycles. The second-order valence-corrected chi connectivity index (χ2v) is 9.39. The first-order valence-corrected chi connectivity index (χ1v) is 11.8. The lowest BCUT2D eigenvalue weighted by Gasteiger charge is -2.13. The van der Waals surface area contributed by atoms with Crippen molar-refractivity contribution < 1.29 is 27.5 Å². The van der Waals surface area contributed by atoms with E-state index >= 15 is 0 Å². The first kappa shape index (κ1) is 24.1. The van der Waals surface area contributed by atoms with Crippen molar-refractivity contribution in [2.45, 2.75) is 4.90 Å². The Morgan fingerprint density at radius 1 is 0.879 bits per heavy atom. The lowest BCUT2D eigenvalue weighted by atomic mass is 10.1. The van der Waals surface area contributed by atoms with Gasteiger partial charge in [0.25, 0.3) is 11.8 Å². The molecule has 0 aliphatic heterocycles. The number of benzene rings is 3. The molecule has 10 heteroatoms. The summed E-state index contributed by atoms with van der Waals surface area (Å²) < 4.78 is 33.8. The number of hydrogen-bond acceptors (Lipinski definition) is 6. The molecule has 172 valence electrons. The number of carbonyl (C=O) groups excluding carboxylic acids is 2. The second-order valence-electron chi connectivity index (χ2n) is 6.97. The van der Waals surface area contributed by atoms with Gasteiger partial charge >= 0.3 is 0 Å². The Morgan fingerprint density at radius 3 is 2.27 bits per heavy atom. The van der Waals surface area contributed by atoms with Crippen LogP contribution < -0.4 is 20.1 Å². The van der Waals surface area contributed by atoms with Crippen molar-refractivity contribution in [2.24, 2.45) is 0 Å². The van der Waals surface area contributed by atoms with Crippen LogP contribution in [0.5, 0.6) is 11.5 Å². The van der Waals surface area contributed by atoms with Gasteiger partial charge in [-0.25, -0.2) is 8.42 Å². The number of methoxy groups -OCH3 is 2. The Morgan fingerprint density at radius 2 is 1.64 bits per heavy atom. The molecule has 0 saturated heterocycles. The van der Waals surface area contributed by atoms with Crippen LogP contribution in [0.2, 0.25) is 5.02 Å². The van der Waals surface area contributed by atoms with Crippen LogP contribution in [0.1, 0.15) is 20.7 Å². The van der Waals surface area contributed by atoms with Gasteiger partial charge < -0.3 is 20.1 Å². The van der Waals surface area contributed by atoms with Gasteiger partial charge in [0.05, 0.1) is 35.4 Å². The summed E-state index contributed by atoms with van der Waals surface area (Å²) in [5.74, 6) is -0.0897. The van der Waals surface area contributed by atoms with Crippen LogP contribution in [-0.2, 0) is 9.84 Å². The van der Waals surface area contributed by atoms with Gasteiger partial charge in [0.15, 0.2) is 9.84 Å². The van der Waals surface area contributed by atoms with E-state index in [1.165, 1.54) is 50.6 Å². The molecule has 0 aliphatic carbocycles. The number of sulfone groups is 1. The standard InChI is InChI=1S/C23H21ClN2O6S/c1-31-16-8-10-21(32-2)18(13-16)23(28)25-15-7-9-20(19(24)12-15)26-22(27)14-5-4-6-17(11-14)33(3,29)30/h4-13H,1-3H3,(H,25,28)(H,26,27). The van der Waals surface area contributed by atoms with E-state index in [0.717, 1.165) is 6.26 Å². The van der Waals surface area contributed by atoms with Gasteiger partial charge in [0.1, 0.15) is 11.5 Å². The van der Waals surface area contributed by atoms with E-state index in [1.807, 2.05) is 0 Å². The van der Waals surface area contributed by atoms with Gasteiger partial charge in [-0.3, -0.25) is 9.59 Å². The van der Waals surface area contributed by atoms with Gasteiger partial charge in [0.2, 0.25) is 0 Å². The Kier molecular flexibility index (Phi) is 7.25. The third-order valence-corrected chi connectivity index (χ3v) is 6.07. The van der Waals surface area contributed by atoms with Gasteiger partial charge in [-0.2, -0.15) is 0 Å². The molecule has 0 unspecified atom stereocenters. The molecular weight excluding hydrogens is 468 g/mol. The fraction of sp³-hybridized carbons (Fsp3) is 0.130. The smallest absolute Gasteiger partial charge is 0.259 e. The molecule has 0 saturated carbocycles. The third kappa shape index (κ3) is 5.82. The molecular formula is C23H21ClN2O6S. The Bertz CT molecular complexity index is 1320. The molecule has 8 nitrogen and oxygen atoms in total. The van der Waals surface area contributed by atoms with Gasteiger partial charge in [-0.05, 0) is 54.6 Å². The highest BCUT2D eigenvalue weighted by Crippen LogP contribution is 2.28. The Labute approximate surface area is 196 Å². The fourth-order valence-electron chi connectivity index (χ4n) is 2.95. The summed E-state index contributed by atoms with van der Waals surface area (Å²) in [6.45, 7) is 0. The molecule has 2 N–H and O–H groups in total. The van der Waals surface area contributed by atoms with E-state index in [0.29, 0.717) is 22.9 Å². The maximum atomic E-state index is 12.7. The summed E-state index contributed by atoms with van der Waals surface area (Å²) in [5.41, 5.74) is 1.13. The average molecular weight is 489 g/mol. The maximum absolute atomic E-state index is 12.7. The van der Waals surface area contributed by atoms with Crippen molar-refractivity contribution in [3.05, 3.63) is 76.8 Å². The van der Waals surface area contributed by atoms with Crippen LogP contribution in [0.4, 0.5) is 11.4 Å². The number of carbonyl (C=O) groups is 2. The summed E-state index contributed by atoms with van der Waals surface area (Å²) in [4.78, 5) is 25.3. The molecule has 0 fully saturated rings. The van der Waals surface area contributed by atoms with Crippen LogP contribution in [-0.4, -0.2) is 40.7 Å². The summed E-state index contributed by atoms with van der Waals surface area (Å²) in [5, 5.41) is 5.54. The van der Waals surface area contributed by atoms with Gasteiger partial charge in [-0.1, -0.05) is 17.7 Å². The van der Waals surface area contributed by atoms with Crippen LogP contribution >= 0.6 is 11.6 Å². The molecule has 3 aromatic carbocycles. The largest absolute Gasteiger partial charge is 0.497 e. The number of nitrogens with one attached hydrogen (secondary N) is 2. The summed E-state index contributed by atoms with van der Waals surface area (Å²) >= 11 is 6.29. The first-order valence-electron chi connectivity index (χ1n) is 9.57. The quantitative estimate of drug-likeness (QED) is 0.514. The molecule has 0 spiro atoms. The van der Waals surface area contributed by atoms with E-state index in [-0.39, 0.29) is 21.0 Å². The molecule has 2 amide bonds. The normalized spacial score (nSPS) is 10.9. The topological polar surface area (TPSA) is 111 Å². The van der Waals surface area contributed by atoms with Crippen molar-refractivity contribution >= 4 is 44.6 Å². The number of halogens is 1. The number of ether oxygens (including phenoxy) is 2. The predicted molar refractivity (Wildman–Crippen MR) is 126 cm³/mol. The minimum Gasteiger partial charge on any atom is -0.497 e. The lowest BCUT2D eigenvalue weighted by molar-refractivity contribution is 0.101. The van der Waals surface area contributed by atoms with Crippen molar-refractivity contribution in [2.75, 3.05) is 31.1 Å². The lowest BCUT2D eigenvalue weighted by Crippen LogP contribution is -2.15. The SMILES string of the molecule is COc1ccc(OC)c(C(=O)Nc2ccc(NC(=O)c3cccc(S(C)(=O)=O)c3)c(Cl)c2)c1. The predicted octanol–water partition coefficient (Wildman–Crippen LogP) is 4.27. The van der Waals surface area contributed by atoms with E-state index in [4.69, 9.17) is 21.1 Å². The van der Waals surface area contributed by atoms with Gasteiger partial charge in [0, 0.05) is 17.5 Å². The minimum atomic E-state index is -3.45. The van der Waals surface area contributed by atoms with Crippen LogP contribution in [0.15, 0.2) is 65.6 Å². The zero-order valence-corrected chi connectivity index (χ0v) is 19.6. The van der Waals surface area contributed by atoms with Gasteiger partial charge in [-0.15, -0.1) is 0 Å². The molecule has 0 radical (unpaired) electrons. The highest BCUT2D eigenvalue weighted by Gasteiger charge is 2.16.